The van der Waals surface area contributed by atoms with Gasteiger partial charge in [0.05, 0.1) is 23.0 Å². The van der Waals surface area contributed by atoms with Crippen LogP contribution in [0, 0.1) is 11.3 Å². The van der Waals surface area contributed by atoms with Gasteiger partial charge in [-0.05, 0) is 96.5 Å². The van der Waals surface area contributed by atoms with Crippen molar-refractivity contribution in [1.29, 1.82) is 5.26 Å². The first-order valence-electron chi connectivity index (χ1n) is 19.8. The van der Waals surface area contributed by atoms with E-state index in [1.165, 1.54) is 32.5 Å². The number of hydrogen-bond donors (Lipinski definition) is 0. The Morgan fingerprint density at radius 3 is 1.63 bits per heavy atom. The number of hydrogen-bond acceptors (Lipinski definition) is 4. The van der Waals surface area contributed by atoms with E-state index in [-0.39, 0.29) is 0 Å². The predicted molar refractivity (Wildman–Crippen MR) is 241 cm³/mol. The van der Waals surface area contributed by atoms with Crippen LogP contribution in [0.3, 0.4) is 0 Å². The molecule has 4 nitrogen and oxygen atoms in total. The van der Waals surface area contributed by atoms with Crippen LogP contribution in [-0.4, -0.2) is 9.97 Å². The molecule has 0 N–H and O–H groups in total. The second-order valence-electron chi connectivity index (χ2n) is 15.2. The third-order valence-corrected chi connectivity index (χ3v) is 11.9. The topological polar surface area (TPSA) is 58.8 Å². The first-order chi connectivity index (χ1) is 29.2. The van der Waals surface area contributed by atoms with Gasteiger partial charge in [-0.15, -0.1) is 0 Å². The Labute approximate surface area is 340 Å². The fourth-order valence-corrected chi connectivity index (χ4v) is 9.08. The van der Waals surface area contributed by atoms with Crippen LogP contribution in [0.4, 0.5) is 0 Å². The van der Waals surface area contributed by atoms with Crippen molar-refractivity contribution < 1.29 is 4.74 Å². The van der Waals surface area contributed by atoms with Gasteiger partial charge < -0.3 is 4.74 Å². The molecule has 1 aliphatic heterocycles. The summed E-state index contributed by atoms with van der Waals surface area (Å²) in [6.07, 6.45) is 0. The number of rotatable bonds is 5. The molecule has 4 heteroatoms. The molecular formula is C55H31N3O. The summed E-state index contributed by atoms with van der Waals surface area (Å²) in [4.78, 5) is 10.4. The van der Waals surface area contributed by atoms with Gasteiger partial charge in [0.2, 0.25) is 0 Å². The fraction of sp³-hybridized carbons (Fsp3) is 0. The molecule has 1 aliphatic rings. The van der Waals surface area contributed by atoms with Crippen molar-refractivity contribution in [3.8, 4) is 84.9 Å². The van der Waals surface area contributed by atoms with Gasteiger partial charge in [0.25, 0.3) is 0 Å². The zero-order valence-electron chi connectivity index (χ0n) is 31.6. The first kappa shape index (κ1) is 33.1. The van der Waals surface area contributed by atoms with E-state index in [1.54, 1.807) is 0 Å². The summed E-state index contributed by atoms with van der Waals surface area (Å²) in [7, 11) is 0. The highest BCUT2D eigenvalue weighted by atomic mass is 16.5. The van der Waals surface area contributed by atoms with Crippen molar-refractivity contribution in [1.82, 2.24) is 9.97 Å². The van der Waals surface area contributed by atoms with Crippen molar-refractivity contribution in [3.63, 3.8) is 0 Å². The molecule has 0 spiro atoms. The van der Waals surface area contributed by atoms with E-state index in [4.69, 9.17) is 14.7 Å². The summed E-state index contributed by atoms with van der Waals surface area (Å²) < 4.78 is 6.48. The Bertz CT molecular complexity index is 3460. The molecule has 0 bridgehead atoms. The summed E-state index contributed by atoms with van der Waals surface area (Å²) >= 11 is 0. The van der Waals surface area contributed by atoms with Crippen LogP contribution in [0.2, 0.25) is 0 Å². The van der Waals surface area contributed by atoms with E-state index < -0.39 is 0 Å². The highest BCUT2D eigenvalue weighted by molar-refractivity contribution is 6.27. The Balaban J connectivity index is 0.947. The second kappa shape index (κ2) is 13.0. The fourth-order valence-electron chi connectivity index (χ4n) is 9.08. The largest absolute Gasteiger partial charge is 0.456 e. The van der Waals surface area contributed by atoms with Crippen LogP contribution < -0.4 is 4.74 Å². The van der Waals surface area contributed by atoms with Crippen LogP contribution >= 0.6 is 0 Å². The normalized spacial score (nSPS) is 11.8. The Hall–Kier alpha value is -8.13. The molecule has 1 aromatic heterocycles. The van der Waals surface area contributed by atoms with Gasteiger partial charge in [-0.2, -0.15) is 5.26 Å². The van der Waals surface area contributed by atoms with Crippen LogP contribution in [0.5, 0.6) is 11.5 Å². The van der Waals surface area contributed by atoms with E-state index in [0.29, 0.717) is 11.4 Å². The minimum atomic E-state index is 0.654. The molecular weight excluding hydrogens is 719 g/mol. The molecule has 2 heterocycles. The average molecular weight is 750 g/mol. The van der Waals surface area contributed by atoms with Crippen molar-refractivity contribution in [2.45, 2.75) is 0 Å². The second-order valence-corrected chi connectivity index (χ2v) is 15.2. The Morgan fingerprint density at radius 2 is 0.949 bits per heavy atom. The van der Waals surface area contributed by atoms with Gasteiger partial charge in [-0.25, -0.2) is 9.97 Å². The standard InChI is InChI=1S/C55H31N3O/c56-32-40-23-28-45-43-25-22-39(30-51(43)59-50-13-7-12-42(40)54(45)50)33-14-16-34(17-15-33)41-24-18-37-20-27-46-47(29-21-38-19-26-44(41)52(37)53(38)46)55-57-48(35-8-3-1-4-9-35)31-49(58-55)36-10-5-2-6-11-36/h1-31H. The number of benzene rings is 10. The lowest BCUT2D eigenvalue weighted by Crippen LogP contribution is -1.98. The summed E-state index contributed by atoms with van der Waals surface area (Å²) in [6.45, 7) is 0. The van der Waals surface area contributed by atoms with Crippen LogP contribution in [-0.2, 0) is 0 Å². The summed E-state index contributed by atoms with van der Waals surface area (Å²) in [5.41, 5.74) is 12.2. The van der Waals surface area contributed by atoms with E-state index >= 15 is 0 Å². The Morgan fingerprint density at radius 1 is 0.373 bits per heavy atom. The molecule has 0 fully saturated rings. The first-order valence-corrected chi connectivity index (χ1v) is 19.8. The number of fused-ring (bicyclic) bond motifs is 2. The van der Waals surface area contributed by atoms with Crippen LogP contribution in [0.15, 0.2) is 188 Å². The van der Waals surface area contributed by atoms with E-state index in [9.17, 15) is 5.26 Å². The van der Waals surface area contributed by atoms with Gasteiger partial charge in [-0.1, -0.05) is 152 Å². The maximum absolute atomic E-state index is 9.71. The predicted octanol–water partition coefficient (Wildman–Crippen LogP) is 14.5. The zero-order chi connectivity index (χ0) is 39.0. The molecule has 0 radical (unpaired) electrons. The zero-order valence-corrected chi connectivity index (χ0v) is 31.6. The van der Waals surface area contributed by atoms with E-state index in [0.717, 1.165) is 83.6 Å². The maximum Gasteiger partial charge on any atom is 0.161 e. The third kappa shape index (κ3) is 5.23. The molecule has 11 aromatic rings. The number of aromatic nitrogens is 2. The monoisotopic (exact) mass is 749 g/mol. The third-order valence-electron chi connectivity index (χ3n) is 11.9. The summed E-state index contributed by atoms with van der Waals surface area (Å²) in [5, 5.41) is 18.8. The van der Waals surface area contributed by atoms with Crippen LogP contribution in [0.1, 0.15) is 5.56 Å². The molecule has 272 valence electrons. The SMILES string of the molecule is N#Cc1ccc2c3c(cccc13)Oc1cc(-c3ccc(-c4ccc5ccc6c(-c7nc(-c8ccccc8)cc(-c8ccccc8)n7)ccc7ccc4c5c76)cc3)ccc1-2. The highest BCUT2D eigenvalue weighted by Gasteiger charge is 2.22. The molecule has 59 heavy (non-hydrogen) atoms. The van der Waals surface area contributed by atoms with E-state index in [2.05, 4.69) is 152 Å². The lowest BCUT2D eigenvalue weighted by molar-refractivity contribution is 0.487. The minimum Gasteiger partial charge on any atom is -0.456 e. The van der Waals surface area contributed by atoms with E-state index in [1.807, 2.05) is 42.5 Å². The summed E-state index contributed by atoms with van der Waals surface area (Å²) in [5.74, 6) is 2.30. The van der Waals surface area contributed by atoms with Crippen molar-refractivity contribution in [2.24, 2.45) is 0 Å². The molecule has 0 saturated carbocycles. The lowest BCUT2D eigenvalue weighted by atomic mass is 9.88. The quantitative estimate of drug-likeness (QED) is 0.164. The van der Waals surface area contributed by atoms with Gasteiger partial charge in [0.1, 0.15) is 11.5 Å². The summed E-state index contributed by atoms with van der Waals surface area (Å²) in [6, 6.07) is 68.1. The maximum atomic E-state index is 9.71. The molecule has 12 rings (SSSR count). The average Bonchev–Trinajstić information content (AvgIpc) is 3.31. The van der Waals surface area contributed by atoms with Crippen molar-refractivity contribution >= 4 is 43.1 Å². The van der Waals surface area contributed by atoms with Crippen LogP contribution in [0.25, 0.3) is 110 Å². The molecule has 0 saturated heterocycles. The highest BCUT2D eigenvalue weighted by Crippen LogP contribution is 2.49. The van der Waals surface area contributed by atoms with Crippen molar-refractivity contribution in [2.75, 3.05) is 0 Å². The molecule has 0 amide bonds. The van der Waals surface area contributed by atoms with Gasteiger partial charge in [-0.3, -0.25) is 0 Å². The Kier molecular flexibility index (Phi) is 7.26. The molecule has 0 aliphatic carbocycles. The molecule has 0 unspecified atom stereocenters. The van der Waals surface area contributed by atoms with Crippen molar-refractivity contribution in [3.05, 3.63) is 194 Å². The number of ether oxygens (including phenoxy) is 1. The number of nitriles is 1. The molecule has 0 atom stereocenters. The lowest BCUT2D eigenvalue weighted by Gasteiger charge is -2.22. The smallest absolute Gasteiger partial charge is 0.161 e. The minimum absolute atomic E-state index is 0.654. The van der Waals surface area contributed by atoms with Gasteiger partial charge in [0.15, 0.2) is 5.82 Å². The molecule has 10 aromatic carbocycles. The van der Waals surface area contributed by atoms with Gasteiger partial charge >= 0.3 is 0 Å². The van der Waals surface area contributed by atoms with Gasteiger partial charge in [0, 0.05) is 33.0 Å². The number of nitrogens with zero attached hydrogens (tertiary/aromatic N) is 3.